The average molecular weight is 337 g/mol. The SMILES string of the molecule is COc1ccc(-n2c(CN3CCOC[C@H]3C)nc3ccccc32)cc1. The molecule has 0 saturated carbocycles. The number of para-hydroxylation sites is 2. The van der Waals surface area contributed by atoms with E-state index < -0.39 is 0 Å². The first-order chi connectivity index (χ1) is 12.3. The van der Waals surface area contributed by atoms with Crippen molar-refractivity contribution in [2.24, 2.45) is 0 Å². The van der Waals surface area contributed by atoms with Crippen LogP contribution >= 0.6 is 0 Å². The monoisotopic (exact) mass is 337 g/mol. The van der Waals surface area contributed by atoms with Crippen molar-refractivity contribution in [2.45, 2.75) is 19.5 Å². The molecule has 25 heavy (non-hydrogen) atoms. The van der Waals surface area contributed by atoms with Crippen LogP contribution in [0.5, 0.6) is 5.75 Å². The zero-order valence-corrected chi connectivity index (χ0v) is 14.7. The highest BCUT2D eigenvalue weighted by atomic mass is 16.5. The predicted octanol–water partition coefficient (Wildman–Crippen LogP) is 3.25. The van der Waals surface area contributed by atoms with Gasteiger partial charge >= 0.3 is 0 Å². The highest BCUT2D eigenvalue weighted by Gasteiger charge is 2.22. The minimum absolute atomic E-state index is 0.401. The van der Waals surface area contributed by atoms with Gasteiger partial charge in [-0.3, -0.25) is 9.47 Å². The fraction of sp³-hybridized carbons (Fsp3) is 0.350. The highest BCUT2D eigenvalue weighted by Crippen LogP contribution is 2.25. The van der Waals surface area contributed by atoms with E-state index in [1.165, 1.54) is 0 Å². The van der Waals surface area contributed by atoms with Gasteiger partial charge in [-0.05, 0) is 43.3 Å². The lowest BCUT2D eigenvalue weighted by Gasteiger charge is -2.32. The van der Waals surface area contributed by atoms with Crippen molar-refractivity contribution in [1.82, 2.24) is 14.5 Å². The van der Waals surface area contributed by atoms with E-state index in [9.17, 15) is 0 Å². The fourth-order valence-electron chi connectivity index (χ4n) is 3.38. The molecule has 2 heterocycles. The first kappa shape index (κ1) is 16.1. The number of aromatic nitrogens is 2. The fourth-order valence-corrected chi connectivity index (χ4v) is 3.38. The van der Waals surface area contributed by atoms with E-state index in [2.05, 4.69) is 46.7 Å². The Bertz CT molecular complexity index is 857. The minimum Gasteiger partial charge on any atom is -0.497 e. The van der Waals surface area contributed by atoms with Crippen molar-refractivity contribution < 1.29 is 9.47 Å². The van der Waals surface area contributed by atoms with E-state index in [1.807, 2.05) is 18.2 Å². The van der Waals surface area contributed by atoms with Gasteiger partial charge in [0, 0.05) is 18.3 Å². The van der Waals surface area contributed by atoms with Crippen LogP contribution in [-0.2, 0) is 11.3 Å². The molecule has 0 radical (unpaired) electrons. The summed E-state index contributed by atoms with van der Waals surface area (Å²) in [6.45, 7) is 5.52. The zero-order chi connectivity index (χ0) is 17.2. The number of imidazole rings is 1. The second kappa shape index (κ2) is 6.86. The molecule has 130 valence electrons. The van der Waals surface area contributed by atoms with Crippen molar-refractivity contribution in [3.63, 3.8) is 0 Å². The molecule has 0 amide bonds. The van der Waals surface area contributed by atoms with E-state index in [-0.39, 0.29) is 0 Å². The number of hydrogen-bond acceptors (Lipinski definition) is 4. The Morgan fingerprint density at radius 2 is 1.96 bits per heavy atom. The molecular weight excluding hydrogens is 314 g/mol. The Morgan fingerprint density at radius 1 is 1.16 bits per heavy atom. The maximum absolute atomic E-state index is 5.57. The van der Waals surface area contributed by atoms with Crippen LogP contribution in [0.2, 0.25) is 0 Å². The average Bonchev–Trinajstić information content (AvgIpc) is 3.01. The van der Waals surface area contributed by atoms with Crippen molar-refractivity contribution >= 4 is 11.0 Å². The molecule has 1 atom stereocenters. The number of fused-ring (bicyclic) bond motifs is 1. The molecule has 1 aromatic heterocycles. The molecule has 0 spiro atoms. The highest BCUT2D eigenvalue weighted by molar-refractivity contribution is 5.78. The smallest absolute Gasteiger partial charge is 0.128 e. The third-order valence-corrected chi connectivity index (χ3v) is 4.81. The zero-order valence-electron chi connectivity index (χ0n) is 14.7. The van der Waals surface area contributed by atoms with Gasteiger partial charge in [-0.1, -0.05) is 12.1 Å². The second-order valence-corrected chi connectivity index (χ2v) is 6.44. The normalized spacial score (nSPS) is 18.6. The van der Waals surface area contributed by atoms with Crippen LogP contribution in [0.25, 0.3) is 16.7 Å². The number of rotatable bonds is 4. The van der Waals surface area contributed by atoms with E-state index in [1.54, 1.807) is 7.11 Å². The van der Waals surface area contributed by atoms with Gasteiger partial charge in [-0.15, -0.1) is 0 Å². The van der Waals surface area contributed by atoms with Crippen LogP contribution in [0.1, 0.15) is 12.7 Å². The Hall–Kier alpha value is -2.37. The van der Waals surface area contributed by atoms with Crippen LogP contribution in [0.15, 0.2) is 48.5 Å². The van der Waals surface area contributed by atoms with Crippen molar-refractivity contribution in [1.29, 1.82) is 0 Å². The van der Waals surface area contributed by atoms with E-state index in [4.69, 9.17) is 14.5 Å². The second-order valence-electron chi connectivity index (χ2n) is 6.44. The van der Waals surface area contributed by atoms with Crippen LogP contribution < -0.4 is 4.74 Å². The summed E-state index contributed by atoms with van der Waals surface area (Å²) in [5.74, 6) is 1.91. The molecule has 0 unspecified atom stereocenters. The third kappa shape index (κ3) is 3.13. The van der Waals surface area contributed by atoms with Crippen molar-refractivity contribution in [3.8, 4) is 11.4 Å². The molecule has 1 aliphatic rings. The third-order valence-electron chi connectivity index (χ3n) is 4.81. The number of ether oxygens (including phenoxy) is 2. The molecule has 0 N–H and O–H groups in total. The van der Waals surface area contributed by atoms with Crippen LogP contribution in [-0.4, -0.2) is 47.4 Å². The van der Waals surface area contributed by atoms with E-state index in [0.717, 1.165) is 54.6 Å². The molecule has 1 aliphatic heterocycles. The summed E-state index contributed by atoms with van der Waals surface area (Å²) >= 11 is 0. The van der Waals surface area contributed by atoms with Gasteiger partial charge in [0.2, 0.25) is 0 Å². The molecule has 3 aromatic rings. The van der Waals surface area contributed by atoms with E-state index >= 15 is 0 Å². The quantitative estimate of drug-likeness (QED) is 0.733. The maximum atomic E-state index is 5.57. The number of morpholine rings is 1. The molecule has 5 nitrogen and oxygen atoms in total. The lowest BCUT2D eigenvalue weighted by molar-refractivity contribution is -0.00561. The molecule has 0 aliphatic carbocycles. The van der Waals surface area contributed by atoms with Gasteiger partial charge in [-0.2, -0.15) is 0 Å². The summed E-state index contributed by atoms with van der Waals surface area (Å²) in [4.78, 5) is 7.34. The Balaban J connectivity index is 1.77. The molecular formula is C20H23N3O2. The van der Waals surface area contributed by atoms with Gasteiger partial charge in [0.1, 0.15) is 11.6 Å². The Kier molecular flexibility index (Phi) is 4.42. The van der Waals surface area contributed by atoms with Crippen molar-refractivity contribution in [2.75, 3.05) is 26.9 Å². The summed E-state index contributed by atoms with van der Waals surface area (Å²) in [5.41, 5.74) is 3.25. The largest absolute Gasteiger partial charge is 0.497 e. The lowest BCUT2D eigenvalue weighted by Crippen LogP contribution is -2.43. The van der Waals surface area contributed by atoms with Gasteiger partial charge in [0.25, 0.3) is 0 Å². The number of hydrogen-bond donors (Lipinski definition) is 0. The van der Waals surface area contributed by atoms with Gasteiger partial charge < -0.3 is 9.47 Å². The Labute approximate surface area is 147 Å². The van der Waals surface area contributed by atoms with Crippen LogP contribution in [0.3, 0.4) is 0 Å². The first-order valence-electron chi connectivity index (χ1n) is 8.69. The summed E-state index contributed by atoms with van der Waals surface area (Å²) < 4.78 is 13.1. The van der Waals surface area contributed by atoms with Crippen LogP contribution in [0, 0.1) is 0 Å². The predicted molar refractivity (Wildman–Crippen MR) is 98.3 cm³/mol. The Morgan fingerprint density at radius 3 is 2.72 bits per heavy atom. The minimum atomic E-state index is 0.401. The van der Waals surface area contributed by atoms with Crippen LogP contribution in [0.4, 0.5) is 0 Å². The maximum Gasteiger partial charge on any atom is 0.128 e. The number of benzene rings is 2. The number of nitrogens with zero attached hydrogens (tertiary/aromatic N) is 3. The molecule has 4 rings (SSSR count). The van der Waals surface area contributed by atoms with Gasteiger partial charge in [-0.25, -0.2) is 4.98 Å². The first-order valence-corrected chi connectivity index (χ1v) is 8.69. The summed E-state index contributed by atoms with van der Waals surface area (Å²) in [5, 5.41) is 0. The van der Waals surface area contributed by atoms with Gasteiger partial charge in [0.15, 0.2) is 0 Å². The summed E-state index contributed by atoms with van der Waals surface area (Å²) in [6.07, 6.45) is 0. The van der Waals surface area contributed by atoms with Gasteiger partial charge in [0.05, 0.1) is 37.9 Å². The molecule has 0 bridgehead atoms. The number of methoxy groups -OCH3 is 1. The lowest BCUT2D eigenvalue weighted by atomic mass is 10.2. The standard InChI is InChI=1S/C20H23N3O2/c1-15-14-25-12-11-22(15)13-20-21-18-5-3-4-6-19(18)23(20)16-7-9-17(24-2)10-8-16/h3-10,15H,11-14H2,1-2H3/t15-/m1/s1. The topological polar surface area (TPSA) is 39.5 Å². The summed E-state index contributed by atoms with van der Waals surface area (Å²) in [6, 6.07) is 16.8. The molecule has 2 aromatic carbocycles. The molecule has 1 fully saturated rings. The molecule has 5 heteroatoms. The summed E-state index contributed by atoms with van der Waals surface area (Å²) in [7, 11) is 1.69. The molecule has 1 saturated heterocycles. The van der Waals surface area contributed by atoms with E-state index in [0.29, 0.717) is 6.04 Å². The van der Waals surface area contributed by atoms with Crippen molar-refractivity contribution in [3.05, 3.63) is 54.4 Å².